The first-order chi connectivity index (χ1) is 14.0. The van der Waals surface area contributed by atoms with Crippen molar-refractivity contribution in [1.82, 2.24) is 9.80 Å². The lowest BCUT2D eigenvalue weighted by Gasteiger charge is -2.42. The molecule has 6 nitrogen and oxygen atoms in total. The van der Waals surface area contributed by atoms with Crippen LogP contribution in [0.5, 0.6) is 0 Å². The van der Waals surface area contributed by atoms with Crippen molar-refractivity contribution < 1.29 is 19.2 Å². The fourth-order valence-corrected chi connectivity index (χ4v) is 4.12. The second-order valence-corrected chi connectivity index (χ2v) is 9.33. The van der Waals surface area contributed by atoms with Crippen LogP contribution in [0.2, 0.25) is 0 Å². The maximum absolute atomic E-state index is 13.4. The van der Waals surface area contributed by atoms with Crippen LogP contribution in [0.25, 0.3) is 0 Å². The molecule has 3 unspecified atom stereocenters. The average Bonchev–Trinajstić information content (AvgIpc) is 2.69. The van der Waals surface area contributed by atoms with Crippen molar-refractivity contribution in [3.63, 3.8) is 0 Å². The minimum absolute atomic E-state index is 0.0457. The summed E-state index contributed by atoms with van der Waals surface area (Å²) in [6, 6.07) is -0.584. The average molecular weight is 425 g/mol. The van der Waals surface area contributed by atoms with E-state index in [4.69, 9.17) is 0 Å². The predicted octanol–water partition coefficient (Wildman–Crippen LogP) is 4.11. The summed E-state index contributed by atoms with van der Waals surface area (Å²) < 4.78 is 0. The summed E-state index contributed by atoms with van der Waals surface area (Å²) in [5.74, 6) is 0.165. The molecule has 0 aliphatic carbocycles. The molecular formula is C24H44N2O4. The molecule has 0 aliphatic rings. The number of carbonyl (C=O) groups excluding carboxylic acids is 4. The van der Waals surface area contributed by atoms with Crippen molar-refractivity contribution >= 4 is 24.4 Å². The molecule has 3 atom stereocenters. The van der Waals surface area contributed by atoms with E-state index in [-0.39, 0.29) is 29.6 Å². The first-order valence-corrected chi connectivity index (χ1v) is 11.5. The van der Waals surface area contributed by atoms with Gasteiger partial charge in [-0.2, -0.15) is 0 Å². The zero-order chi connectivity index (χ0) is 23.5. The van der Waals surface area contributed by atoms with Gasteiger partial charge in [-0.1, -0.05) is 41.5 Å². The highest BCUT2D eigenvalue weighted by atomic mass is 16.2. The van der Waals surface area contributed by atoms with Crippen LogP contribution in [-0.2, 0) is 19.2 Å². The first-order valence-electron chi connectivity index (χ1n) is 11.5. The van der Waals surface area contributed by atoms with Gasteiger partial charge in [0.1, 0.15) is 18.6 Å². The molecule has 0 N–H and O–H groups in total. The standard InChI is InChI=1S/C24H44N2O4/c1-9-12-22(29)25(7)21(10-2)23(30)26(8)24(17-28,15-18(3)4)14-11-13-20(16-27)19(5)6/h16-21H,9-15H2,1-8H3. The SMILES string of the molecule is CCCC(=O)N(C)C(CC)C(=O)N(C)C(C=O)(CCCC(C=O)C(C)C)CC(C)C. The summed E-state index contributed by atoms with van der Waals surface area (Å²) in [5.41, 5.74) is -0.933. The van der Waals surface area contributed by atoms with Crippen LogP contribution in [0.15, 0.2) is 0 Å². The van der Waals surface area contributed by atoms with Crippen molar-refractivity contribution in [2.75, 3.05) is 14.1 Å². The zero-order valence-corrected chi connectivity index (χ0v) is 20.4. The molecule has 0 bridgehead atoms. The van der Waals surface area contributed by atoms with Crippen LogP contribution in [0, 0.1) is 17.8 Å². The summed E-state index contributed by atoms with van der Waals surface area (Å²) in [4.78, 5) is 52.5. The number of nitrogens with zero attached hydrogens (tertiary/aromatic N) is 2. The number of amides is 2. The molecule has 0 aromatic rings. The molecule has 0 radical (unpaired) electrons. The Kier molecular flexibility index (Phi) is 12.8. The predicted molar refractivity (Wildman–Crippen MR) is 121 cm³/mol. The van der Waals surface area contributed by atoms with E-state index in [1.54, 1.807) is 19.0 Å². The summed E-state index contributed by atoms with van der Waals surface area (Å²) in [5, 5.41) is 0. The van der Waals surface area contributed by atoms with Crippen LogP contribution in [-0.4, -0.2) is 59.9 Å². The van der Waals surface area contributed by atoms with Gasteiger partial charge in [-0.15, -0.1) is 0 Å². The van der Waals surface area contributed by atoms with Crippen LogP contribution < -0.4 is 0 Å². The Hall–Kier alpha value is -1.72. The topological polar surface area (TPSA) is 74.8 Å². The number of hydrogen-bond donors (Lipinski definition) is 0. The van der Waals surface area contributed by atoms with E-state index in [2.05, 4.69) is 0 Å². The first kappa shape index (κ1) is 28.3. The van der Waals surface area contributed by atoms with E-state index in [0.29, 0.717) is 38.5 Å². The molecule has 2 amide bonds. The van der Waals surface area contributed by atoms with E-state index in [1.165, 1.54) is 4.90 Å². The van der Waals surface area contributed by atoms with Gasteiger partial charge in [0.05, 0.1) is 5.54 Å². The second kappa shape index (κ2) is 13.6. The van der Waals surface area contributed by atoms with Crippen LogP contribution in [0.3, 0.4) is 0 Å². The minimum Gasteiger partial charge on any atom is -0.334 e. The molecule has 174 valence electrons. The van der Waals surface area contributed by atoms with Gasteiger partial charge in [0.15, 0.2) is 0 Å². The third-order valence-corrected chi connectivity index (χ3v) is 6.15. The molecule has 0 saturated heterocycles. The molecule has 0 aromatic heterocycles. The van der Waals surface area contributed by atoms with E-state index in [0.717, 1.165) is 19.0 Å². The Balaban J connectivity index is 5.65. The van der Waals surface area contributed by atoms with Crippen molar-refractivity contribution in [2.45, 2.75) is 98.1 Å². The molecule has 0 heterocycles. The van der Waals surface area contributed by atoms with Gasteiger partial charge < -0.3 is 19.4 Å². The lowest BCUT2D eigenvalue weighted by Crippen LogP contribution is -2.57. The van der Waals surface area contributed by atoms with Gasteiger partial charge in [-0.25, -0.2) is 0 Å². The Morgan fingerprint density at radius 2 is 1.63 bits per heavy atom. The number of rotatable bonds is 15. The molecule has 0 fully saturated rings. The van der Waals surface area contributed by atoms with Crippen molar-refractivity contribution in [3.05, 3.63) is 0 Å². The van der Waals surface area contributed by atoms with Gasteiger partial charge in [0.25, 0.3) is 0 Å². The molecule has 30 heavy (non-hydrogen) atoms. The highest BCUT2D eigenvalue weighted by molar-refractivity contribution is 5.89. The fraction of sp³-hybridized carbons (Fsp3) is 0.833. The van der Waals surface area contributed by atoms with Crippen LogP contribution in [0.4, 0.5) is 0 Å². The largest absolute Gasteiger partial charge is 0.334 e. The highest BCUT2D eigenvalue weighted by Gasteiger charge is 2.41. The molecular weight excluding hydrogens is 380 g/mol. The lowest BCUT2D eigenvalue weighted by molar-refractivity contribution is -0.150. The maximum Gasteiger partial charge on any atom is 0.245 e. The fourth-order valence-electron chi connectivity index (χ4n) is 4.12. The quantitative estimate of drug-likeness (QED) is 0.371. The number of carbonyl (C=O) groups is 4. The maximum atomic E-state index is 13.4. The van der Waals surface area contributed by atoms with E-state index < -0.39 is 11.6 Å². The van der Waals surface area contributed by atoms with Crippen molar-refractivity contribution in [3.8, 4) is 0 Å². The van der Waals surface area contributed by atoms with Crippen LogP contribution >= 0.6 is 0 Å². The van der Waals surface area contributed by atoms with Gasteiger partial charge >= 0.3 is 0 Å². The summed E-state index contributed by atoms with van der Waals surface area (Å²) in [6.07, 6.45) is 5.95. The Labute approximate surface area is 183 Å². The number of hydrogen-bond acceptors (Lipinski definition) is 4. The van der Waals surface area contributed by atoms with Crippen LogP contribution in [0.1, 0.15) is 86.5 Å². The minimum atomic E-state index is -0.933. The molecule has 0 saturated carbocycles. The normalized spacial score (nSPS) is 15.4. The Morgan fingerprint density at radius 1 is 1.03 bits per heavy atom. The summed E-state index contributed by atoms with van der Waals surface area (Å²) in [6.45, 7) is 11.9. The summed E-state index contributed by atoms with van der Waals surface area (Å²) in [7, 11) is 3.35. The third kappa shape index (κ3) is 7.84. The lowest BCUT2D eigenvalue weighted by atomic mass is 9.81. The molecule has 0 spiro atoms. The van der Waals surface area contributed by atoms with E-state index in [9.17, 15) is 19.2 Å². The zero-order valence-electron chi connectivity index (χ0n) is 20.4. The molecule has 0 aliphatic heterocycles. The van der Waals surface area contributed by atoms with Gasteiger partial charge in [0, 0.05) is 26.4 Å². The third-order valence-electron chi connectivity index (χ3n) is 6.15. The van der Waals surface area contributed by atoms with Gasteiger partial charge in [-0.05, 0) is 50.4 Å². The van der Waals surface area contributed by atoms with Crippen molar-refractivity contribution in [2.24, 2.45) is 17.8 Å². The second-order valence-electron chi connectivity index (χ2n) is 9.33. The molecule has 6 heteroatoms. The van der Waals surface area contributed by atoms with E-state index >= 15 is 0 Å². The number of aldehydes is 2. The molecule has 0 aromatic carbocycles. The van der Waals surface area contributed by atoms with Crippen molar-refractivity contribution in [1.29, 1.82) is 0 Å². The van der Waals surface area contributed by atoms with E-state index in [1.807, 2.05) is 41.5 Å². The highest BCUT2D eigenvalue weighted by Crippen LogP contribution is 2.30. The Bertz CT molecular complexity index is 561. The van der Waals surface area contributed by atoms with Gasteiger partial charge in [-0.3, -0.25) is 9.59 Å². The summed E-state index contributed by atoms with van der Waals surface area (Å²) >= 11 is 0. The Morgan fingerprint density at radius 3 is 2.03 bits per heavy atom. The molecule has 0 rings (SSSR count). The smallest absolute Gasteiger partial charge is 0.245 e. The number of likely N-dealkylation sites (N-methyl/N-ethyl adjacent to an activating group) is 2. The monoisotopic (exact) mass is 424 g/mol. The van der Waals surface area contributed by atoms with Gasteiger partial charge in [0.2, 0.25) is 11.8 Å².